The fourth-order valence-electron chi connectivity index (χ4n) is 1.39. The number of nitrogens with one attached hydrogen (secondary N) is 2. The van der Waals surface area contributed by atoms with Crippen LogP contribution in [0.2, 0.25) is 0 Å². The van der Waals surface area contributed by atoms with Crippen LogP contribution < -0.4 is 15.8 Å². The molecular formula is C13H18N4O4. The molecule has 1 heterocycles. The summed E-state index contributed by atoms with van der Waals surface area (Å²) in [5.74, 6) is -1.51. The number of hydrazine groups is 1. The second kappa shape index (κ2) is 7.83. The summed E-state index contributed by atoms with van der Waals surface area (Å²) < 4.78 is 4.41. The molecule has 0 atom stereocenters. The van der Waals surface area contributed by atoms with Crippen molar-refractivity contribution in [3.8, 4) is 0 Å². The fraction of sp³-hybridized carbons (Fsp3) is 0.385. The van der Waals surface area contributed by atoms with Crippen LogP contribution in [0.5, 0.6) is 0 Å². The van der Waals surface area contributed by atoms with Gasteiger partial charge >= 0.3 is 5.97 Å². The molecule has 21 heavy (non-hydrogen) atoms. The van der Waals surface area contributed by atoms with Crippen LogP contribution >= 0.6 is 0 Å². The molecule has 8 heteroatoms. The predicted octanol–water partition coefficient (Wildman–Crippen LogP) is -0.138. The summed E-state index contributed by atoms with van der Waals surface area (Å²) in [5, 5.41) is 0. The number of methoxy groups -OCH3 is 1. The number of carbonyl (C=O) groups is 3. The SMILES string of the molecule is COC(=O)CCC(=O)NNC(=O)c1cc(N(C)C)ccn1. The first-order valence-corrected chi connectivity index (χ1v) is 6.23. The number of esters is 1. The zero-order valence-electron chi connectivity index (χ0n) is 12.2. The van der Waals surface area contributed by atoms with Gasteiger partial charge in [0.2, 0.25) is 5.91 Å². The number of nitrogens with zero attached hydrogens (tertiary/aromatic N) is 2. The summed E-state index contributed by atoms with van der Waals surface area (Å²) in [6, 6.07) is 3.35. The molecule has 114 valence electrons. The standard InChI is InChI=1S/C13H18N4O4/c1-17(2)9-6-7-14-10(8-9)13(20)16-15-11(18)4-5-12(19)21-3/h6-8H,4-5H2,1-3H3,(H,15,18)(H,16,20). The van der Waals surface area contributed by atoms with Crippen molar-refractivity contribution in [3.05, 3.63) is 24.0 Å². The third-order valence-electron chi connectivity index (χ3n) is 2.59. The molecule has 0 radical (unpaired) electrons. The Kier molecular flexibility index (Phi) is 6.12. The number of hydrogen-bond donors (Lipinski definition) is 2. The van der Waals surface area contributed by atoms with E-state index in [-0.39, 0.29) is 18.5 Å². The minimum atomic E-state index is -0.537. The average molecular weight is 294 g/mol. The first-order chi connectivity index (χ1) is 9.93. The fourth-order valence-corrected chi connectivity index (χ4v) is 1.39. The highest BCUT2D eigenvalue weighted by Crippen LogP contribution is 2.10. The minimum Gasteiger partial charge on any atom is -0.469 e. The lowest BCUT2D eigenvalue weighted by atomic mass is 10.3. The molecule has 1 aromatic rings. The number of hydrogen-bond acceptors (Lipinski definition) is 6. The van der Waals surface area contributed by atoms with Crippen LogP contribution in [0.15, 0.2) is 18.3 Å². The molecule has 0 unspecified atom stereocenters. The van der Waals surface area contributed by atoms with Crippen molar-refractivity contribution in [3.63, 3.8) is 0 Å². The molecule has 0 aliphatic rings. The van der Waals surface area contributed by atoms with E-state index in [0.29, 0.717) is 0 Å². The molecule has 0 aromatic carbocycles. The molecule has 0 saturated heterocycles. The monoisotopic (exact) mass is 294 g/mol. The molecule has 0 fully saturated rings. The molecule has 8 nitrogen and oxygen atoms in total. The van der Waals surface area contributed by atoms with Crippen molar-refractivity contribution >= 4 is 23.5 Å². The van der Waals surface area contributed by atoms with E-state index in [1.54, 1.807) is 12.1 Å². The Bertz CT molecular complexity index is 531. The van der Waals surface area contributed by atoms with Gasteiger partial charge in [0.05, 0.1) is 13.5 Å². The topological polar surface area (TPSA) is 101 Å². The largest absolute Gasteiger partial charge is 0.469 e. The Labute approximate surface area is 122 Å². The van der Waals surface area contributed by atoms with Gasteiger partial charge in [0.25, 0.3) is 5.91 Å². The quantitative estimate of drug-likeness (QED) is 0.579. The maximum absolute atomic E-state index is 11.8. The van der Waals surface area contributed by atoms with Crippen molar-refractivity contribution in [1.82, 2.24) is 15.8 Å². The van der Waals surface area contributed by atoms with Gasteiger partial charge in [-0.15, -0.1) is 0 Å². The maximum atomic E-state index is 11.8. The Morgan fingerprint density at radius 3 is 2.57 bits per heavy atom. The van der Waals surface area contributed by atoms with Crippen molar-refractivity contribution in [2.24, 2.45) is 0 Å². The summed E-state index contributed by atoms with van der Waals surface area (Å²) >= 11 is 0. The Balaban J connectivity index is 2.48. The molecule has 1 aromatic heterocycles. The van der Waals surface area contributed by atoms with Crippen LogP contribution in [0.3, 0.4) is 0 Å². The number of carbonyl (C=O) groups excluding carboxylic acids is 3. The molecule has 0 bridgehead atoms. The van der Waals surface area contributed by atoms with Crippen LogP contribution in [0.1, 0.15) is 23.3 Å². The highest BCUT2D eigenvalue weighted by Gasteiger charge is 2.11. The van der Waals surface area contributed by atoms with Crippen molar-refractivity contribution in [2.75, 3.05) is 26.1 Å². The van der Waals surface area contributed by atoms with Crippen molar-refractivity contribution < 1.29 is 19.1 Å². The Morgan fingerprint density at radius 2 is 1.95 bits per heavy atom. The van der Waals surface area contributed by atoms with Gasteiger partial charge in [0.15, 0.2) is 0 Å². The summed E-state index contributed by atoms with van der Waals surface area (Å²) in [7, 11) is 4.92. The van der Waals surface area contributed by atoms with E-state index < -0.39 is 17.8 Å². The highest BCUT2D eigenvalue weighted by atomic mass is 16.5. The number of rotatable bonds is 5. The van der Waals surface area contributed by atoms with Crippen LogP contribution in [-0.2, 0) is 14.3 Å². The molecule has 0 spiro atoms. The number of amides is 2. The zero-order valence-corrected chi connectivity index (χ0v) is 12.2. The molecule has 1 rings (SSSR count). The normalized spacial score (nSPS) is 9.67. The molecule has 0 aliphatic heterocycles. The van der Waals surface area contributed by atoms with Gasteiger partial charge in [-0.05, 0) is 12.1 Å². The van der Waals surface area contributed by atoms with Crippen LogP contribution in [0.4, 0.5) is 5.69 Å². The van der Waals surface area contributed by atoms with Crippen LogP contribution in [-0.4, -0.2) is 44.0 Å². The van der Waals surface area contributed by atoms with Gasteiger partial charge in [0, 0.05) is 32.4 Å². The van der Waals surface area contributed by atoms with Gasteiger partial charge in [-0.25, -0.2) is 0 Å². The lowest BCUT2D eigenvalue weighted by molar-refractivity contribution is -0.142. The van der Waals surface area contributed by atoms with Crippen molar-refractivity contribution in [2.45, 2.75) is 12.8 Å². The Hall–Kier alpha value is -2.64. The van der Waals surface area contributed by atoms with E-state index in [1.165, 1.54) is 13.3 Å². The molecule has 0 aliphatic carbocycles. The summed E-state index contributed by atoms with van der Waals surface area (Å²) in [4.78, 5) is 39.9. The molecule has 2 N–H and O–H groups in total. The van der Waals surface area contributed by atoms with E-state index in [1.807, 2.05) is 19.0 Å². The Morgan fingerprint density at radius 1 is 1.24 bits per heavy atom. The summed E-state index contributed by atoms with van der Waals surface area (Å²) in [5.41, 5.74) is 5.43. The molecular weight excluding hydrogens is 276 g/mol. The maximum Gasteiger partial charge on any atom is 0.306 e. The highest BCUT2D eigenvalue weighted by molar-refractivity contribution is 5.94. The van der Waals surface area contributed by atoms with E-state index in [0.717, 1.165) is 5.69 Å². The van der Waals surface area contributed by atoms with E-state index in [9.17, 15) is 14.4 Å². The number of ether oxygens (including phenoxy) is 1. The third kappa shape index (κ3) is 5.47. The third-order valence-corrected chi connectivity index (χ3v) is 2.59. The van der Waals surface area contributed by atoms with Gasteiger partial charge in [-0.1, -0.05) is 0 Å². The van der Waals surface area contributed by atoms with Gasteiger partial charge < -0.3 is 9.64 Å². The predicted molar refractivity (Wildman–Crippen MR) is 75.4 cm³/mol. The molecule has 2 amide bonds. The summed E-state index contributed by atoms with van der Waals surface area (Å²) in [6.45, 7) is 0. The summed E-state index contributed by atoms with van der Waals surface area (Å²) in [6.07, 6.45) is 1.38. The lowest BCUT2D eigenvalue weighted by Gasteiger charge is -2.13. The van der Waals surface area contributed by atoms with Crippen LogP contribution in [0.25, 0.3) is 0 Å². The van der Waals surface area contributed by atoms with Gasteiger partial charge in [-0.2, -0.15) is 0 Å². The van der Waals surface area contributed by atoms with Crippen molar-refractivity contribution in [1.29, 1.82) is 0 Å². The number of aromatic nitrogens is 1. The minimum absolute atomic E-state index is 0.0490. The average Bonchev–Trinajstić information content (AvgIpc) is 2.50. The second-order valence-electron chi connectivity index (χ2n) is 4.37. The van der Waals surface area contributed by atoms with E-state index in [4.69, 9.17) is 0 Å². The number of pyridine rings is 1. The number of anilines is 1. The van der Waals surface area contributed by atoms with E-state index in [2.05, 4.69) is 20.6 Å². The first kappa shape index (κ1) is 16.4. The lowest BCUT2D eigenvalue weighted by Crippen LogP contribution is -2.42. The first-order valence-electron chi connectivity index (χ1n) is 6.23. The van der Waals surface area contributed by atoms with Gasteiger partial charge in [0.1, 0.15) is 5.69 Å². The molecule has 0 saturated carbocycles. The van der Waals surface area contributed by atoms with Crippen LogP contribution in [0, 0.1) is 0 Å². The second-order valence-corrected chi connectivity index (χ2v) is 4.37. The van der Waals surface area contributed by atoms with Gasteiger partial charge in [-0.3, -0.25) is 30.2 Å². The smallest absolute Gasteiger partial charge is 0.306 e. The zero-order chi connectivity index (χ0) is 15.8. The van der Waals surface area contributed by atoms with E-state index >= 15 is 0 Å².